The Kier molecular flexibility index (Phi) is 5.58. The second-order valence-corrected chi connectivity index (χ2v) is 5.25. The quantitative estimate of drug-likeness (QED) is 0.706. The normalized spacial score (nSPS) is 26.8. The summed E-state index contributed by atoms with van der Waals surface area (Å²) in [6, 6.07) is 0.717. The Hall–Kier alpha value is -0.120. The summed E-state index contributed by atoms with van der Waals surface area (Å²) in [7, 11) is 6.52. The van der Waals surface area contributed by atoms with Gasteiger partial charge in [-0.2, -0.15) is 0 Å². The second kappa shape index (κ2) is 6.46. The summed E-state index contributed by atoms with van der Waals surface area (Å²) in [6.45, 7) is 7.17. The summed E-state index contributed by atoms with van der Waals surface area (Å²) in [5.74, 6) is 0.848. The Morgan fingerprint density at radius 2 is 1.93 bits per heavy atom. The Labute approximate surface area is 94.8 Å². The van der Waals surface area contributed by atoms with Crippen molar-refractivity contribution < 1.29 is 0 Å². The van der Waals surface area contributed by atoms with E-state index in [0.29, 0.717) is 6.04 Å². The molecule has 90 valence electrons. The SMILES string of the molecule is CC1CCNC1CN(C)CCCN(C)C. The smallest absolute Gasteiger partial charge is 0.0220 e. The van der Waals surface area contributed by atoms with Gasteiger partial charge in [0.15, 0.2) is 0 Å². The second-order valence-electron chi connectivity index (χ2n) is 5.25. The molecule has 2 unspecified atom stereocenters. The molecule has 1 rings (SSSR count). The van der Waals surface area contributed by atoms with Gasteiger partial charge in [-0.05, 0) is 59.5 Å². The fourth-order valence-corrected chi connectivity index (χ4v) is 2.23. The van der Waals surface area contributed by atoms with Crippen molar-refractivity contribution in [2.45, 2.75) is 25.8 Å². The van der Waals surface area contributed by atoms with E-state index in [2.05, 4.69) is 43.2 Å². The van der Waals surface area contributed by atoms with Crippen LogP contribution < -0.4 is 5.32 Å². The van der Waals surface area contributed by atoms with Crippen LogP contribution >= 0.6 is 0 Å². The maximum absolute atomic E-state index is 3.58. The molecule has 0 aromatic rings. The van der Waals surface area contributed by atoms with Gasteiger partial charge in [0, 0.05) is 12.6 Å². The lowest BCUT2D eigenvalue weighted by Crippen LogP contribution is -2.39. The van der Waals surface area contributed by atoms with Crippen LogP contribution in [0, 0.1) is 5.92 Å². The van der Waals surface area contributed by atoms with Gasteiger partial charge in [0.2, 0.25) is 0 Å². The van der Waals surface area contributed by atoms with Crippen LogP contribution in [0.2, 0.25) is 0 Å². The third-order valence-electron chi connectivity index (χ3n) is 3.35. The van der Waals surface area contributed by atoms with Gasteiger partial charge >= 0.3 is 0 Å². The largest absolute Gasteiger partial charge is 0.312 e. The molecule has 0 aromatic carbocycles. The lowest BCUT2D eigenvalue weighted by atomic mass is 10.0. The fraction of sp³-hybridized carbons (Fsp3) is 1.00. The molecule has 1 aliphatic heterocycles. The number of rotatable bonds is 6. The van der Waals surface area contributed by atoms with Crippen molar-refractivity contribution in [3.05, 3.63) is 0 Å². The minimum atomic E-state index is 0.717. The van der Waals surface area contributed by atoms with E-state index in [1.165, 1.54) is 39.0 Å². The van der Waals surface area contributed by atoms with E-state index < -0.39 is 0 Å². The lowest BCUT2D eigenvalue weighted by molar-refractivity contribution is 0.261. The molecule has 1 N–H and O–H groups in total. The van der Waals surface area contributed by atoms with Crippen LogP contribution in [-0.4, -0.2) is 63.2 Å². The number of hydrogen-bond donors (Lipinski definition) is 1. The summed E-state index contributed by atoms with van der Waals surface area (Å²) in [5, 5.41) is 3.58. The first-order chi connectivity index (χ1) is 7.09. The minimum Gasteiger partial charge on any atom is -0.312 e. The summed E-state index contributed by atoms with van der Waals surface area (Å²) < 4.78 is 0. The zero-order valence-electron chi connectivity index (χ0n) is 10.8. The average Bonchev–Trinajstić information content (AvgIpc) is 2.51. The maximum Gasteiger partial charge on any atom is 0.0220 e. The topological polar surface area (TPSA) is 18.5 Å². The Morgan fingerprint density at radius 1 is 1.20 bits per heavy atom. The molecule has 0 bridgehead atoms. The highest BCUT2D eigenvalue weighted by Gasteiger charge is 2.23. The van der Waals surface area contributed by atoms with Crippen LogP contribution in [0.4, 0.5) is 0 Å². The van der Waals surface area contributed by atoms with Gasteiger partial charge in [-0.1, -0.05) is 6.92 Å². The summed E-state index contributed by atoms with van der Waals surface area (Å²) >= 11 is 0. The van der Waals surface area contributed by atoms with Crippen molar-refractivity contribution in [3.8, 4) is 0 Å². The maximum atomic E-state index is 3.58. The van der Waals surface area contributed by atoms with E-state index in [4.69, 9.17) is 0 Å². The minimum absolute atomic E-state index is 0.717. The van der Waals surface area contributed by atoms with Crippen LogP contribution in [0.15, 0.2) is 0 Å². The molecule has 0 spiro atoms. The van der Waals surface area contributed by atoms with Crippen molar-refractivity contribution in [3.63, 3.8) is 0 Å². The summed E-state index contributed by atoms with van der Waals surface area (Å²) in [6.07, 6.45) is 2.61. The zero-order valence-corrected chi connectivity index (χ0v) is 10.8. The van der Waals surface area contributed by atoms with Crippen molar-refractivity contribution in [2.75, 3.05) is 47.3 Å². The van der Waals surface area contributed by atoms with Gasteiger partial charge in [0.1, 0.15) is 0 Å². The fourth-order valence-electron chi connectivity index (χ4n) is 2.23. The first kappa shape index (κ1) is 12.9. The molecule has 0 aliphatic carbocycles. The molecule has 15 heavy (non-hydrogen) atoms. The van der Waals surface area contributed by atoms with Gasteiger partial charge in [0.25, 0.3) is 0 Å². The van der Waals surface area contributed by atoms with E-state index in [1.807, 2.05) is 0 Å². The Morgan fingerprint density at radius 3 is 2.47 bits per heavy atom. The molecule has 3 heteroatoms. The molecule has 0 radical (unpaired) electrons. The molecule has 1 saturated heterocycles. The molecule has 2 atom stereocenters. The highest BCUT2D eigenvalue weighted by atomic mass is 15.1. The van der Waals surface area contributed by atoms with Crippen LogP contribution in [-0.2, 0) is 0 Å². The Balaban J connectivity index is 2.09. The first-order valence-corrected chi connectivity index (χ1v) is 6.16. The first-order valence-electron chi connectivity index (χ1n) is 6.16. The third-order valence-corrected chi connectivity index (χ3v) is 3.35. The van der Waals surface area contributed by atoms with Crippen molar-refractivity contribution in [2.24, 2.45) is 5.92 Å². The van der Waals surface area contributed by atoms with Crippen LogP contribution in [0.3, 0.4) is 0 Å². The molecule has 0 aromatic heterocycles. The molecule has 1 aliphatic rings. The van der Waals surface area contributed by atoms with E-state index >= 15 is 0 Å². The Bertz CT molecular complexity index is 170. The number of hydrogen-bond acceptors (Lipinski definition) is 3. The summed E-state index contributed by atoms with van der Waals surface area (Å²) in [5.41, 5.74) is 0. The molecule has 1 heterocycles. The van der Waals surface area contributed by atoms with Crippen LogP contribution in [0.5, 0.6) is 0 Å². The van der Waals surface area contributed by atoms with E-state index in [-0.39, 0.29) is 0 Å². The molecule has 1 fully saturated rings. The predicted octanol–water partition coefficient (Wildman–Crippen LogP) is 0.868. The van der Waals surface area contributed by atoms with E-state index in [0.717, 1.165) is 5.92 Å². The van der Waals surface area contributed by atoms with Crippen molar-refractivity contribution >= 4 is 0 Å². The number of nitrogens with one attached hydrogen (secondary N) is 1. The van der Waals surface area contributed by atoms with Crippen LogP contribution in [0.25, 0.3) is 0 Å². The average molecular weight is 213 g/mol. The standard InChI is InChI=1S/C12H27N3/c1-11-6-7-13-12(11)10-15(4)9-5-8-14(2)3/h11-13H,5-10H2,1-4H3. The van der Waals surface area contributed by atoms with Crippen LogP contribution in [0.1, 0.15) is 19.8 Å². The molecule has 3 nitrogen and oxygen atoms in total. The number of likely N-dealkylation sites (N-methyl/N-ethyl adjacent to an activating group) is 1. The molecule has 0 saturated carbocycles. The van der Waals surface area contributed by atoms with E-state index in [9.17, 15) is 0 Å². The van der Waals surface area contributed by atoms with Crippen molar-refractivity contribution in [1.82, 2.24) is 15.1 Å². The highest BCUT2D eigenvalue weighted by molar-refractivity contribution is 4.82. The predicted molar refractivity (Wildman–Crippen MR) is 66.2 cm³/mol. The van der Waals surface area contributed by atoms with Gasteiger partial charge in [0.05, 0.1) is 0 Å². The lowest BCUT2D eigenvalue weighted by Gasteiger charge is -2.24. The van der Waals surface area contributed by atoms with E-state index in [1.54, 1.807) is 0 Å². The van der Waals surface area contributed by atoms with Gasteiger partial charge < -0.3 is 15.1 Å². The van der Waals surface area contributed by atoms with Gasteiger partial charge in [-0.25, -0.2) is 0 Å². The number of nitrogens with zero attached hydrogens (tertiary/aromatic N) is 2. The monoisotopic (exact) mass is 213 g/mol. The molecular formula is C12H27N3. The third kappa shape index (κ3) is 4.96. The van der Waals surface area contributed by atoms with Gasteiger partial charge in [-0.15, -0.1) is 0 Å². The molecule has 0 amide bonds. The summed E-state index contributed by atoms with van der Waals surface area (Å²) in [4.78, 5) is 4.72. The highest BCUT2D eigenvalue weighted by Crippen LogP contribution is 2.14. The molecular weight excluding hydrogens is 186 g/mol. The zero-order chi connectivity index (χ0) is 11.3. The van der Waals surface area contributed by atoms with Crippen molar-refractivity contribution in [1.29, 1.82) is 0 Å². The van der Waals surface area contributed by atoms with Gasteiger partial charge in [-0.3, -0.25) is 0 Å².